The first-order valence-electron chi connectivity index (χ1n) is 13.7. The van der Waals surface area contributed by atoms with E-state index in [1.165, 1.54) is 48.8 Å². The first kappa shape index (κ1) is 23.3. The van der Waals surface area contributed by atoms with Gasteiger partial charge in [0.1, 0.15) is 11.5 Å². The summed E-state index contributed by atoms with van der Waals surface area (Å²) < 4.78 is 9.05. The molecule has 2 aliphatic rings. The first-order chi connectivity index (χ1) is 20.2. The maximum absolute atomic E-state index is 6.65. The van der Waals surface area contributed by atoms with E-state index in [1.54, 1.807) is 0 Å². The monoisotopic (exact) mass is 561 g/mol. The van der Waals surface area contributed by atoms with E-state index in [4.69, 9.17) is 16.3 Å². The Morgan fingerprint density at radius 1 is 0.610 bits per heavy atom. The van der Waals surface area contributed by atoms with Gasteiger partial charge in [0.2, 0.25) is 0 Å². The number of hydrogen-bond donors (Lipinski definition) is 0. The molecule has 0 unspecified atom stereocenters. The second kappa shape index (κ2) is 8.81. The lowest BCUT2D eigenvalue weighted by molar-refractivity contribution is 0.488. The standard InChI is InChI=1S/C36H21BClNOS/c38-23-17-18-27-28-19-22(20-34-36(28)37(41-35(27)21-23)29-12-4-8-16-33(29)40-34)24-9-1-5-13-30(24)39-31-14-6-2-10-25(31)26-11-3-7-15-32(26)39/h1-21H. The van der Waals surface area contributed by atoms with E-state index >= 15 is 0 Å². The van der Waals surface area contributed by atoms with Crippen LogP contribution in [0.25, 0.3) is 49.7 Å². The zero-order valence-electron chi connectivity index (χ0n) is 21.8. The van der Waals surface area contributed by atoms with Crippen molar-refractivity contribution in [2.75, 3.05) is 0 Å². The molecule has 0 spiro atoms. The normalized spacial score (nSPS) is 13.0. The van der Waals surface area contributed by atoms with Crippen LogP contribution in [0.4, 0.5) is 0 Å². The van der Waals surface area contributed by atoms with Gasteiger partial charge < -0.3 is 9.30 Å². The van der Waals surface area contributed by atoms with Gasteiger partial charge in [-0.2, -0.15) is 11.6 Å². The minimum Gasteiger partial charge on any atom is -0.458 e. The zero-order chi connectivity index (χ0) is 27.1. The Kier molecular flexibility index (Phi) is 5.02. The third-order valence-corrected chi connectivity index (χ3v) is 9.89. The van der Waals surface area contributed by atoms with E-state index < -0.39 is 0 Å². The largest absolute Gasteiger partial charge is 0.458 e. The second-order valence-corrected chi connectivity index (χ2v) is 12.2. The van der Waals surface area contributed by atoms with Gasteiger partial charge in [0, 0.05) is 26.3 Å². The van der Waals surface area contributed by atoms with E-state index in [-0.39, 0.29) is 5.99 Å². The van der Waals surface area contributed by atoms with Crippen molar-refractivity contribution in [2.24, 2.45) is 0 Å². The van der Waals surface area contributed by atoms with Gasteiger partial charge in [-0.25, -0.2) is 0 Å². The number of rotatable bonds is 2. The summed E-state index contributed by atoms with van der Waals surface area (Å²) in [5.74, 6) is 1.99. The molecule has 41 heavy (non-hydrogen) atoms. The molecule has 0 bridgehead atoms. The smallest absolute Gasteiger partial charge is 0.289 e. The van der Waals surface area contributed by atoms with Crippen LogP contribution in [0.3, 0.4) is 0 Å². The molecule has 1 aromatic heterocycles. The Hall–Kier alpha value is -4.38. The van der Waals surface area contributed by atoms with Crippen LogP contribution in [0, 0.1) is 0 Å². The number of fused-ring (bicyclic) bond motifs is 7. The van der Waals surface area contributed by atoms with Crippen LogP contribution >= 0.6 is 23.2 Å². The van der Waals surface area contributed by atoms with Crippen LogP contribution in [0.2, 0.25) is 5.02 Å². The average molecular weight is 562 g/mol. The summed E-state index contributed by atoms with van der Waals surface area (Å²) in [4.78, 5) is 1.20. The molecule has 0 atom stereocenters. The summed E-state index contributed by atoms with van der Waals surface area (Å²) >= 11 is 8.36. The molecule has 0 aliphatic carbocycles. The van der Waals surface area contributed by atoms with Gasteiger partial charge in [0.25, 0.3) is 5.99 Å². The number of para-hydroxylation sites is 4. The van der Waals surface area contributed by atoms with E-state index in [9.17, 15) is 0 Å². The van der Waals surface area contributed by atoms with Crippen LogP contribution in [0.15, 0.2) is 132 Å². The molecular weight excluding hydrogens is 541 g/mol. The number of benzene rings is 6. The number of halogens is 1. The van der Waals surface area contributed by atoms with Gasteiger partial charge in [0.05, 0.1) is 16.7 Å². The number of aromatic nitrogens is 1. The number of nitrogens with zero attached hydrogens (tertiary/aromatic N) is 1. The lowest BCUT2D eigenvalue weighted by Crippen LogP contribution is -2.46. The van der Waals surface area contributed by atoms with Crippen molar-refractivity contribution in [3.8, 4) is 39.4 Å². The van der Waals surface area contributed by atoms with E-state index in [2.05, 4.69) is 120 Å². The zero-order valence-corrected chi connectivity index (χ0v) is 23.4. The van der Waals surface area contributed by atoms with Crippen molar-refractivity contribution in [2.45, 2.75) is 4.90 Å². The molecule has 9 rings (SSSR count). The van der Waals surface area contributed by atoms with Gasteiger partial charge in [-0.1, -0.05) is 90.5 Å². The molecule has 6 aromatic carbocycles. The Balaban J connectivity index is 1.33. The number of ether oxygens (including phenoxy) is 1. The van der Waals surface area contributed by atoms with Crippen LogP contribution in [-0.2, 0) is 0 Å². The molecule has 2 nitrogen and oxygen atoms in total. The van der Waals surface area contributed by atoms with Gasteiger partial charge >= 0.3 is 0 Å². The fourth-order valence-corrected chi connectivity index (χ4v) is 8.26. The average Bonchev–Trinajstić information content (AvgIpc) is 3.35. The molecule has 0 saturated carbocycles. The first-order valence-corrected chi connectivity index (χ1v) is 15.0. The minimum absolute atomic E-state index is 0.151. The second-order valence-electron chi connectivity index (χ2n) is 10.6. The lowest BCUT2D eigenvalue weighted by Gasteiger charge is -2.33. The van der Waals surface area contributed by atoms with Gasteiger partial charge in [0.15, 0.2) is 0 Å². The summed E-state index contributed by atoms with van der Waals surface area (Å²) in [6.07, 6.45) is 0. The highest BCUT2D eigenvalue weighted by atomic mass is 35.5. The predicted molar refractivity (Wildman–Crippen MR) is 174 cm³/mol. The minimum atomic E-state index is 0.151. The van der Waals surface area contributed by atoms with Gasteiger partial charge in [-0.05, 0) is 76.1 Å². The van der Waals surface area contributed by atoms with Crippen molar-refractivity contribution in [3.05, 3.63) is 132 Å². The Morgan fingerprint density at radius 3 is 2.15 bits per heavy atom. The van der Waals surface area contributed by atoms with E-state index in [0.29, 0.717) is 0 Å². The quantitative estimate of drug-likeness (QED) is 0.195. The van der Waals surface area contributed by atoms with Crippen molar-refractivity contribution in [3.63, 3.8) is 0 Å². The molecule has 0 radical (unpaired) electrons. The third-order valence-electron chi connectivity index (χ3n) is 8.34. The van der Waals surface area contributed by atoms with E-state index in [0.717, 1.165) is 33.3 Å². The summed E-state index contributed by atoms with van der Waals surface area (Å²) in [6, 6.07) is 45.2. The molecule has 0 N–H and O–H groups in total. The molecule has 192 valence electrons. The maximum Gasteiger partial charge on any atom is 0.289 e. The lowest BCUT2D eigenvalue weighted by atomic mass is 9.57. The van der Waals surface area contributed by atoms with E-state index in [1.807, 2.05) is 23.7 Å². The molecule has 5 heteroatoms. The SMILES string of the molecule is Clc1ccc2c(c1)SB1c3ccccc3Oc3cc(-c4ccccc4-n4c5ccccc5c5ccccc54)cc-2c31. The third kappa shape index (κ3) is 3.41. The van der Waals surface area contributed by atoms with Gasteiger partial charge in [-0.3, -0.25) is 0 Å². The summed E-state index contributed by atoms with van der Waals surface area (Å²) in [7, 11) is 0. The molecule has 0 amide bonds. The Bertz CT molecular complexity index is 2150. The molecule has 0 fully saturated rings. The Labute approximate surface area is 247 Å². The summed E-state index contributed by atoms with van der Waals surface area (Å²) in [5.41, 5.74) is 10.7. The molecule has 7 aromatic rings. The number of hydrogen-bond acceptors (Lipinski definition) is 2. The molecular formula is C36H21BClNOS. The predicted octanol–water partition coefficient (Wildman–Crippen LogP) is 9.09. The summed E-state index contributed by atoms with van der Waals surface area (Å²) in [5, 5.41) is 3.27. The highest BCUT2D eigenvalue weighted by molar-refractivity contribution is 8.28. The maximum atomic E-state index is 6.65. The molecule has 3 heterocycles. The van der Waals surface area contributed by atoms with Crippen LogP contribution < -0.4 is 15.7 Å². The van der Waals surface area contributed by atoms with Gasteiger partial charge in [-0.15, -0.1) is 0 Å². The van der Waals surface area contributed by atoms with Crippen molar-refractivity contribution in [1.82, 2.24) is 4.57 Å². The Morgan fingerprint density at radius 2 is 1.32 bits per heavy atom. The highest BCUT2D eigenvalue weighted by Gasteiger charge is 2.38. The van der Waals surface area contributed by atoms with Crippen molar-refractivity contribution in [1.29, 1.82) is 0 Å². The fraction of sp³-hybridized carbons (Fsp3) is 0. The topological polar surface area (TPSA) is 14.2 Å². The summed E-state index contributed by atoms with van der Waals surface area (Å²) in [6.45, 7) is 0. The highest BCUT2D eigenvalue weighted by Crippen LogP contribution is 2.46. The van der Waals surface area contributed by atoms with Crippen LogP contribution in [0.1, 0.15) is 0 Å². The van der Waals surface area contributed by atoms with Crippen LogP contribution in [-0.4, -0.2) is 10.6 Å². The van der Waals surface area contributed by atoms with Crippen molar-refractivity contribution < 1.29 is 4.74 Å². The van der Waals surface area contributed by atoms with Crippen LogP contribution in [0.5, 0.6) is 11.5 Å². The molecule has 0 saturated heterocycles. The molecule has 2 aliphatic heterocycles. The fourth-order valence-electron chi connectivity index (χ4n) is 6.58. The van der Waals surface area contributed by atoms with Crippen molar-refractivity contribution >= 4 is 61.9 Å².